The van der Waals surface area contributed by atoms with Crippen molar-refractivity contribution >= 4 is 16.8 Å². The molecule has 0 atom stereocenters. The highest BCUT2D eigenvalue weighted by Gasteiger charge is 2.17. The molecule has 0 saturated carbocycles. The summed E-state index contributed by atoms with van der Waals surface area (Å²) in [6.07, 6.45) is 0.615. The van der Waals surface area contributed by atoms with Crippen LogP contribution in [0.15, 0.2) is 33.9 Å². The van der Waals surface area contributed by atoms with Crippen molar-refractivity contribution in [3.8, 4) is 6.07 Å². The maximum absolute atomic E-state index is 12.8. The monoisotopic (exact) mass is 405 g/mol. The molecule has 0 fully saturated rings. The van der Waals surface area contributed by atoms with Crippen LogP contribution in [0.4, 0.5) is 0 Å². The Morgan fingerprint density at radius 2 is 1.90 bits per heavy atom. The van der Waals surface area contributed by atoms with Crippen molar-refractivity contribution in [1.82, 2.24) is 19.9 Å². The summed E-state index contributed by atoms with van der Waals surface area (Å²) in [5, 5.41) is 9.71. The highest BCUT2D eigenvalue weighted by Crippen LogP contribution is 2.16. The van der Waals surface area contributed by atoms with Gasteiger partial charge in [-0.05, 0) is 50.5 Å². The zero-order chi connectivity index (χ0) is 21.8. The Kier molecular flexibility index (Phi) is 6.11. The van der Waals surface area contributed by atoms with E-state index in [1.807, 2.05) is 19.1 Å². The third kappa shape index (κ3) is 4.15. The summed E-state index contributed by atoms with van der Waals surface area (Å²) in [7, 11) is 0. The summed E-state index contributed by atoms with van der Waals surface area (Å²) >= 11 is 0. The van der Waals surface area contributed by atoms with Gasteiger partial charge in [0.15, 0.2) is 0 Å². The van der Waals surface area contributed by atoms with Crippen LogP contribution in [0.3, 0.4) is 0 Å². The molecule has 2 heterocycles. The van der Waals surface area contributed by atoms with Crippen LogP contribution in [0.25, 0.3) is 10.9 Å². The molecule has 3 aromatic rings. The summed E-state index contributed by atoms with van der Waals surface area (Å²) in [5.74, 6) is 0.328. The predicted molar refractivity (Wildman–Crippen MR) is 113 cm³/mol. The minimum Gasteiger partial charge on any atom is -0.335 e. The number of hydrogen-bond donors (Lipinski definition) is 2. The van der Waals surface area contributed by atoms with Crippen molar-refractivity contribution in [2.45, 2.75) is 40.2 Å². The lowest BCUT2D eigenvalue weighted by Crippen LogP contribution is -2.32. The quantitative estimate of drug-likeness (QED) is 0.650. The Bertz CT molecular complexity index is 1270. The van der Waals surface area contributed by atoms with Crippen LogP contribution in [-0.2, 0) is 17.8 Å². The number of aryl methyl sites for hydroxylation is 1. The molecule has 0 radical (unpaired) electrons. The fourth-order valence-corrected chi connectivity index (χ4v) is 3.58. The molecule has 30 heavy (non-hydrogen) atoms. The van der Waals surface area contributed by atoms with E-state index in [-0.39, 0.29) is 30.0 Å². The SMILES string of the molecule is CCN(Cc1nc2ccccc2c(=O)[nH]1)C(=O)CCc1c(C)[nH]c(=O)c(C#N)c1C. The highest BCUT2D eigenvalue weighted by atomic mass is 16.2. The van der Waals surface area contributed by atoms with E-state index in [4.69, 9.17) is 0 Å². The van der Waals surface area contributed by atoms with E-state index in [2.05, 4.69) is 15.0 Å². The molecule has 1 amide bonds. The first-order chi connectivity index (χ1) is 14.3. The van der Waals surface area contributed by atoms with E-state index >= 15 is 0 Å². The van der Waals surface area contributed by atoms with Crippen molar-refractivity contribution in [1.29, 1.82) is 5.26 Å². The Morgan fingerprint density at radius 1 is 1.17 bits per heavy atom. The second kappa shape index (κ2) is 8.74. The summed E-state index contributed by atoms with van der Waals surface area (Å²) in [6.45, 7) is 6.00. The number of para-hydroxylation sites is 1. The van der Waals surface area contributed by atoms with Crippen LogP contribution in [0.1, 0.15) is 41.6 Å². The van der Waals surface area contributed by atoms with Gasteiger partial charge in [0.1, 0.15) is 17.5 Å². The Hall–Kier alpha value is -3.73. The lowest BCUT2D eigenvalue weighted by molar-refractivity contribution is -0.131. The van der Waals surface area contributed by atoms with Gasteiger partial charge in [-0.25, -0.2) is 4.98 Å². The highest BCUT2D eigenvalue weighted by molar-refractivity contribution is 5.78. The van der Waals surface area contributed by atoms with Gasteiger partial charge in [-0.15, -0.1) is 0 Å². The number of nitrogens with zero attached hydrogens (tertiary/aromatic N) is 3. The molecule has 8 heteroatoms. The first-order valence-corrected chi connectivity index (χ1v) is 9.73. The van der Waals surface area contributed by atoms with Gasteiger partial charge in [0.2, 0.25) is 5.91 Å². The van der Waals surface area contributed by atoms with Crippen molar-refractivity contribution in [2.24, 2.45) is 0 Å². The number of hydrogen-bond acceptors (Lipinski definition) is 5. The molecular weight excluding hydrogens is 382 g/mol. The van der Waals surface area contributed by atoms with Gasteiger partial charge >= 0.3 is 0 Å². The van der Waals surface area contributed by atoms with Crippen LogP contribution in [0.2, 0.25) is 0 Å². The first kappa shape index (κ1) is 21.0. The molecule has 8 nitrogen and oxygen atoms in total. The van der Waals surface area contributed by atoms with Gasteiger partial charge in [-0.3, -0.25) is 14.4 Å². The van der Waals surface area contributed by atoms with Crippen LogP contribution < -0.4 is 11.1 Å². The first-order valence-electron chi connectivity index (χ1n) is 9.73. The Morgan fingerprint density at radius 3 is 2.60 bits per heavy atom. The minimum atomic E-state index is -0.413. The fourth-order valence-electron chi connectivity index (χ4n) is 3.58. The molecule has 0 aliphatic carbocycles. The van der Waals surface area contributed by atoms with Gasteiger partial charge in [0.05, 0.1) is 17.4 Å². The number of H-pyrrole nitrogens is 2. The number of fused-ring (bicyclic) bond motifs is 1. The predicted octanol–water partition coefficient (Wildman–Crippen LogP) is 2.08. The smallest absolute Gasteiger partial charge is 0.266 e. The van der Waals surface area contributed by atoms with E-state index in [1.165, 1.54) is 0 Å². The molecule has 1 aromatic carbocycles. The average molecular weight is 405 g/mol. The molecule has 0 bridgehead atoms. The largest absolute Gasteiger partial charge is 0.335 e. The second-order valence-electron chi connectivity index (χ2n) is 7.11. The van der Waals surface area contributed by atoms with E-state index < -0.39 is 5.56 Å². The number of carbonyl (C=O) groups is 1. The third-order valence-corrected chi connectivity index (χ3v) is 5.25. The van der Waals surface area contributed by atoms with Crippen molar-refractivity contribution in [3.63, 3.8) is 0 Å². The molecule has 3 rings (SSSR count). The molecule has 0 spiro atoms. The third-order valence-electron chi connectivity index (χ3n) is 5.25. The van der Waals surface area contributed by atoms with Crippen molar-refractivity contribution in [3.05, 3.63) is 73.2 Å². The van der Waals surface area contributed by atoms with Crippen molar-refractivity contribution in [2.75, 3.05) is 6.54 Å². The lowest BCUT2D eigenvalue weighted by Gasteiger charge is -2.21. The molecule has 0 saturated heterocycles. The molecular formula is C22H23N5O3. The van der Waals surface area contributed by atoms with Crippen LogP contribution in [0, 0.1) is 25.2 Å². The Labute approximate surface area is 173 Å². The van der Waals surface area contributed by atoms with E-state index in [0.29, 0.717) is 41.0 Å². The molecule has 2 N–H and O–H groups in total. The van der Waals surface area contributed by atoms with Gasteiger partial charge < -0.3 is 14.9 Å². The normalized spacial score (nSPS) is 10.7. The topological polar surface area (TPSA) is 123 Å². The minimum absolute atomic E-state index is 0.0772. The van der Waals surface area contributed by atoms with Crippen LogP contribution >= 0.6 is 0 Å². The Balaban J connectivity index is 1.78. The molecule has 0 unspecified atom stereocenters. The van der Waals surface area contributed by atoms with E-state index in [0.717, 1.165) is 5.56 Å². The number of aromatic nitrogens is 3. The van der Waals surface area contributed by atoms with E-state index in [9.17, 15) is 19.6 Å². The number of aromatic amines is 2. The fraction of sp³-hybridized carbons (Fsp3) is 0.318. The number of pyridine rings is 1. The maximum Gasteiger partial charge on any atom is 0.266 e. The van der Waals surface area contributed by atoms with Gasteiger partial charge in [0, 0.05) is 18.7 Å². The number of amides is 1. The number of benzene rings is 1. The maximum atomic E-state index is 12.8. The molecule has 154 valence electrons. The van der Waals surface area contributed by atoms with Crippen LogP contribution in [-0.4, -0.2) is 32.3 Å². The molecule has 0 aliphatic heterocycles. The number of carbonyl (C=O) groups excluding carboxylic acids is 1. The summed E-state index contributed by atoms with van der Waals surface area (Å²) < 4.78 is 0. The molecule has 0 aliphatic rings. The second-order valence-corrected chi connectivity index (χ2v) is 7.11. The zero-order valence-corrected chi connectivity index (χ0v) is 17.2. The van der Waals surface area contributed by atoms with Gasteiger partial charge in [0.25, 0.3) is 11.1 Å². The summed E-state index contributed by atoms with van der Waals surface area (Å²) in [5.41, 5.74) is 2.08. The summed E-state index contributed by atoms with van der Waals surface area (Å²) in [6, 6.07) is 8.98. The number of nitriles is 1. The average Bonchev–Trinajstić information content (AvgIpc) is 2.71. The zero-order valence-electron chi connectivity index (χ0n) is 17.2. The van der Waals surface area contributed by atoms with Crippen molar-refractivity contribution < 1.29 is 4.79 Å². The molecule has 2 aromatic heterocycles. The van der Waals surface area contributed by atoms with Gasteiger partial charge in [-0.1, -0.05) is 12.1 Å². The lowest BCUT2D eigenvalue weighted by atomic mass is 9.99. The number of nitrogens with one attached hydrogen (secondary N) is 2. The standard InChI is InChI=1S/C22H23N5O3/c1-4-27(12-19-25-18-8-6-5-7-16(18)21(29)26-19)20(28)10-9-15-13(2)17(11-23)22(30)24-14(15)3/h5-8H,4,9-10,12H2,1-3H3,(H,24,30)(H,25,26,29). The van der Waals surface area contributed by atoms with Crippen LogP contribution in [0.5, 0.6) is 0 Å². The summed E-state index contributed by atoms with van der Waals surface area (Å²) in [4.78, 5) is 48.4. The number of rotatable bonds is 6. The van der Waals surface area contributed by atoms with E-state index in [1.54, 1.807) is 36.9 Å². The van der Waals surface area contributed by atoms with Gasteiger partial charge in [-0.2, -0.15) is 5.26 Å².